The summed E-state index contributed by atoms with van der Waals surface area (Å²) in [4.78, 5) is 38.7. The molecule has 31 heavy (non-hydrogen) atoms. The van der Waals surface area contributed by atoms with Gasteiger partial charge in [0.1, 0.15) is 5.82 Å². The number of rotatable bonds is 6. The van der Waals surface area contributed by atoms with Gasteiger partial charge in [-0.2, -0.15) is 0 Å². The predicted molar refractivity (Wildman–Crippen MR) is 113 cm³/mol. The van der Waals surface area contributed by atoms with Crippen LogP contribution in [0.1, 0.15) is 65.6 Å². The van der Waals surface area contributed by atoms with Crippen molar-refractivity contribution >= 4 is 17.8 Å². The monoisotopic (exact) mass is 427 g/mol. The largest absolute Gasteiger partial charge is 0.465 e. The number of nitrogens with one attached hydrogen (secondary N) is 1. The van der Waals surface area contributed by atoms with Crippen molar-refractivity contribution in [1.82, 2.24) is 25.0 Å². The van der Waals surface area contributed by atoms with Crippen molar-refractivity contribution in [2.75, 3.05) is 20.2 Å². The van der Waals surface area contributed by atoms with Crippen LogP contribution in [-0.4, -0.2) is 57.6 Å². The number of carbonyl (C=O) groups excluding carboxylic acids is 3. The second-order valence-electron chi connectivity index (χ2n) is 8.09. The van der Waals surface area contributed by atoms with Crippen molar-refractivity contribution in [3.8, 4) is 0 Å². The van der Waals surface area contributed by atoms with Crippen LogP contribution in [0.5, 0.6) is 0 Å². The molecule has 9 nitrogen and oxygen atoms in total. The zero-order chi connectivity index (χ0) is 22.5. The van der Waals surface area contributed by atoms with Crippen LogP contribution < -0.4 is 5.32 Å². The minimum atomic E-state index is -0.537. The first-order chi connectivity index (χ1) is 14.8. The normalized spacial score (nSPS) is 14.5. The van der Waals surface area contributed by atoms with E-state index < -0.39 is 5.97 Å². The van der Waals surface area contributed by atoms with Crippen molar-refractivity contribution in [1.29, 1.82) is 0 Å². The van der Waals surface area contributed by atoms with Crippen molar-refractivity contribution in [2.24, 2.45) is 5.92 Å². The van der Waals surface area contributed by atoms with E-state index in [1.165, 1.54) is 14.0 Å². The fourth-order valence-electron chi connectivity index (χ4n) is 3.88. The van der Waals surface area contributed by atoms with E-state index in [1.807, 2.05) is 4.57 Å². The molecule has 1 aliphatic rings. The van der Waals surface area contributed by atoms with Gasteiger partial charge in [-0.3, -0.25) is 9.59 Å². The number of ether oxygens (including phenoxy) is 1. The summed E-state index contributed by atoms with van der Waals surface area (Å²) in [6.07, 6.45) is 1.28. The summed E-state index contributed by atoms with van der Waals surface area (Å²) in [5, 5.41) is 11.7. The maximum atomic E-state index is 13.2. The molecule has 3 rings (SSSR count). The molecule has 9 heteroatoms. The van der Waals surface area contributed by atoms with E-state index in [-0.39, 0.29) is 23.4 Å². The third-order valence-corrected chi connectivity index (χ3v) is 5.30. The Morgan fingerprint density at radius 3 is 2.45 bits per heavy atom. The number of hydrogen-bond acceptors (Lipinski definition) is 6. The van der Waals surface area contributed by atoms with E-state index in [0.717, 1.165) is 12.2 Å². The molecule has 0 bridgehead atoms. The molecule has 166 valence electrons. The lowest BCUT2D eigenvalue weighted by Gasteiger charge is -2.22. The smallest absolute Gasteiger partial charge is 0.338 e. The van der Waals surface area contributed by atoms with E-state index in [2.05, 4.69) is 29.4 Å². The number of carbonyl (C=O) groups is 3. The van der Waals surface area contributed by atoms with Crippen molar-refractivity contribution in [3.63, 3.8) is 0 Å². The maximum absolute atomic E-state index is 13.2. The highest BCUT2D eigenvalue weighted by molar-refractivity contribution is 6.05. The zero-order valence-electron chi connectivity index (χ0n) is 18.4. The third kappa shape index (κ3) is 5.10. The number of nitrogens with zero attached hydrogens (tertiary/aromatic N) is 4. The molecular weight excluding hydrogens is 398 g/mol. The number of aromatic nitrogens is 3. The second kappa shape index (κ2) is 9.72. The summed E-state index contributed by atoms with van der Waals surface area (Å²) in [6, 6.07) is 6.43. The number of fused-ring (bicyclic) bond motifs is 1. The van der Waals surface area contributed by atoms with E-state index in [0.29, 0.717) is 43.4 Å². The Balaban J connectivity index is 1.82. The SMILES string of the molecule is COC(=O)c1ccccc1C(=O)N1CCc2nnc(C(CC(C)C)NC(C)=O)n2CC1. The van der Waals surface area contributed by atoms with Crippen LogP contribution in [0.15, 0.2) is 24.3 Å². The van der Waals surface area contributed by atoms with Gasteiger partial charge in [-0.1, -0.05) is 26.0 Å². The quantitative estimate of drug-likeness (QED) is 0.707. The zero-order valence-corrected chi connectivity index (χ0v) is 18.4. The standard InChI is InChI=1S/C22H29N5O4/c1-14(2)13-18(23-15(3)28)20-25-24-19-9-10-26(11-12-27(19)20)21(29)16-7-5-6-8-17(16)22(30)31-4/h5-8,14,18H,9-13H2,1-4H3,(H,23,28). The molecule has 2 heterocycles. The van der Waals surface area contributed by atoms with Gasteiger partial charge in [-0.15, -0.1) is 10.2 Å². The summed E-state index contributed by atoms with van der Waals surface area (Å²) in [5.41, 5.74) is 0.574. The fraction of sp³-hybridized carbons (Fsp3) is 0.500. The molecule has 1 N–H and O–H groups in total. The van der Waals surface area contributed by atoms with Crippen LogP contribution in [0, 0.1) is 5.92 Å². The summed E-state index contributed by atoms with van der Waals surface area (Å²) < 4.78 is 6.82. The number of esters is 1. The Kier molecular flexibility index (Phi) is 7.04. The Labute approximate surface area is 181 Å². The fourth-order valence-corrected chi connectivity index (χ4v) is 3.88. The number of methoxy groups -OCH3 is 1. The molecule has 0 fully saturated rings. The average molecular weight is 428 g/mol. The number of amides is 2. The van der Waals surface area contributed by atoms with Crippen LogP contribution in [-0.2, 0) is 22.5 Å². The molecule has 1 aromatic heterocycles. The minimum Gasteiger partial charge on any atom is -0.465 e. The molecule has 0 spiro atoms. The lowest BCUT2D eigenvalue weighted by Crippen LogP contribution is -2.35. The topological polar surface area (TPSA) is 106 Å². The van der Waals surface area contributed by atoms with Crippen LogP contribution >= 0.6 is 0 Å². The predicted octanol–water partition coefficient (Wildman–Crippen LogP) is 1.99. The lowest BCUT2D eigenvalue weighted by atomic mass is 10.0. The second-order valence-corrected chi connectivity index (χ2v) is 8.09. The van der Waals surface area contributed by atoms with Gasteiger partial charge in [0, 0.05) is 33.0 Å². The minimum absolute atomic E-state index is 0.118. The van der Waals surface area contributed by atoms with Gasteiger partial charge in [0.15, 0.2) is 5.82 Å². The molecule has 0 radical (unpaired) electrons. The first-order valence-electron chi connectivity index (χ1n) is 10.5. The maximum Gasteiger partial charge on any atom is 0.338 e. The molecule has 0 aliphatic carbocycles. The van der Waals surface area contributed by atoms with Gasteiger partial charge in [0.2, 0.25) is 5.91 Å². The summed E-state index contributed by atoms with van der Waals surface area (Å²) in [7, 11) is 1.30. The molecular formula is C22H29N5O4. The molecule has 0 saturated heterocycles. The van der Waals surface area contributed by atoms with Gasteiger partial charge in [0.25, 0.3) is 5.91 Å². The molecule has 2 aromatic rings. The Morgan fingerprint density at radius 1 is 1.10 bits per heavy atom. The van der Waals surface area contributed by atoms with Gasteiger partial charge < -0.3 is 19.5 Å². The van der Waals surface area contributed by atoms with Crippen LogP contribution in [0.4, 0.5) is 0 Å². The van der Waals surface area contributed by atoms with Crippen molar-refractivity contribution in [2.45, 2.75) is 46.2 Å². The van der Waals surface area contributed by atoms with E-state index >= 15 is 0 Å². The molecule has 1 aromatic carbocycles. The lowest BCUT2D eigenvalue weighted by molar-refractivity contribution is -0.119. The van der Waals surface area contributed by atoms with E-state index in [9.17, 15) is 14.4 Å². The van der Waals surface area contributed by atoms with E-state index in [4.69, 9.17) is 4.74 Å². The molecule has 1 unspecified atom stereocenters. The Bertz CT molecular complexity index is 969. The summed E-state index contributed by atoms with van der Waals surface area (Å²) in [5.74, 6) is 0.983. The van der Waals surface area contributed by atoms with Gasteiger partial charge in [-0.25, -0.2) is 4.79 Å². The Hall–Kier alpha value is -3.23. The van der Waals surface area contributed by atoms with Crippen LogP contribution in [0.25, 0.3) is 0 Å². The summed E-state index contributed by atoms with van der Waals surface area (Å²) in [6.45, 7) is 7.09. The van der Waals surface area contributed by atoms with Crippen LogP contribution in [0.3, 0.4) is 0 Å². The average Bonchev–Trinajstić information content (AvgIpc) is 3.02. The highest BCUT2D eigenvalue weighted by atomic mass is 16.5. The van der Waals surface area contributed by atoms with Crippen molar-refractivity contribution < 1.29 is 19.1 Å². The highest BCUT2D eigenvalue weighted by Crippen LogP contribution is 2.23. The Morgan fingerprint density at radius 2 is 1.81 bits per heavy atom. The third-order valence-electron chi connectivity index (χ3n) is 5.30. The first kappa shape index (κ1) is 22.5. The first-order valence-corrected chi connectivity index (χ1v) is 10.5. The van der Waals surface area contributed by atoms with E-state index in [1.54, 1.807) is 29.2 Å². The van der Waals surface area contributed by atoms with Gasteiger partial charge in [-0.05, 0) is 24.5 Å². The highest BCUT2D eigenvalue weighted by Gasteiger charge is 2.28. The molecule has 0 saturated carbocycles. The van der Waals surface area contributed by atoms with Crippen LogP contribution in [0.2, 0.25) is 0 Å². The molecule has 2 amide bonds. The van der Waals surface area contributed by atoms with Crippen molar-refractivity contribution in [3.05, 3.63) is 47.0 Å². The number of benzene rings is 1. The van der Waals surface area contributed by atoms with Gasteiger partial charge >= 0.3 is 5.97 Å². The van der Waals surface area contributed by atoms with Gasteiger partial charge in [0.05, 0.1) is 24.3 Å². The molecule has 1 aliphatic heterocycles. The molecule has 1 atom stereocenters. The number of hydrogen-bond donors (Lipinski definition) is 1. The summed E-state index contributed by atoms with van der Waals surface area (Å²) >= 11 is 0.